The molecular weight excluding hydrogens is 542 g/mol. The number of aromatic nitrogens is 4. The van der Waals surface area contributed by atoms with Crippen LogP contribution in [0.1, 0.15) is 53.4 Å². The van der Waals surface area contributed by atoms with Gasteiger partial charge in [-0.25, -0.2) is 27.9 Å². The summed E-state index contributed by atoms with van der Waals surface area (Å²) in [6.45, 7) is 7.60. The number of sulfone groups is 1. The number of carbonyl (C=O) groups is 1. The molecule has 0 atom stereocenters. The standard InChI is InChI=1S/C27H34ClN5O5S/c1-5-39(35,36)22-12-10-21(11-13-22)33-15-19(14-31-33)23-24(25(28)30-17-29-23)37-16-18-6-8-20(9-7-18)32-26(34)38-27(2,3)4/h10-15,17-18,20H,5-9,16H2,1-4H3,(H,32,34)/t18-,20+. The zero-order chi connectivity index (χ0) is 28.2. The van der Waals surface area contributed by atoms with Crippen LogP contribution in [0, 0.1) is 5.92 Å². The number of alkyl carbamates (subject to hydrolysis) is 1. The van der Waals surface area contributed by atoms with Crippen LogP contribution in [0.15, 0.2) is 47.9 Å². The molecule has 1 saturated carbocycles. The van der Waals surface area contributed by atoms with E-state index in [1.165, 1.54) is 6.33 Å². The molecule has 0 aliphatic heterocycles. The largest absolute Gasteiger partial charge is 0.488 e. The van der Waals surface area contributed by atoms with Gasteiger partial charge >= 0.3 is 6.09 Å². The molecule has 0 spiro atoms. The van der Waals surface area contributed by atoms with Crippen LogP contribution in [0.2, 0.25) is 5.15 Å². The predicted molar refractivity (Wildman–Crippen MR) is 148 cm³/mol. The van der Waals surface area contributed by atoms with Gasteiger partial charge in [0.1, 0.15) is 17.6 Å². The summed E-state index contributed by atoms with van der Waals surface area (Å²) >= 11 is 6.41. The summed E-state index contributed by atoms with van der Waals surface area (Å²) in [5.41, 5.74) is 1.38. The molecule has 3 aromatic rings. The van der Waals surface area contributed by atoms with Crippen molar-refractivity contribution in [1.82, 2.24) is 25.1 Å². The lowest BCUT2D eigenvalue weighted by molar-refractivity contribution is 0.0483. The number of hydrogen-bond donors (Lipinski definition) is 1. The molecule has 2 aromatic heterocycles. The number of nitrogens with zero attached hydrogens (tertiary/aromatic N) is 4. The van der Waals surface area contributed by atoms with Crippen LogP contribution >= 0.6 is 11.6 Å². The van der Waals surface area contributed by atoms with Gasteiger partial charge in [0.2, 0.25) is 0 Å². The summed E-state index contributed by atoms with van der Waals surface area (Å²) in [5.74, 6) is 0.725. The van der Waals surface area contributed by atoms with Gasteiger partial charge in [0, 0.05) is 17.8 Å². The number of carbonyl (C=O) groups excluding carboxylic acids is 1. The van der Waals surface area contributed by atoms with Gasteiger partial charge in [0.25, 0.3) is 0 Å². The van der Waals surface area contributed by atoms with Crippen molar-refractivity contribution >= 4 is 27.5 Å². The third kappa shape index (κ3) is 7.48. The summed E-state index contributed by atoms with van der Waals surface area (Å²) < 4.78 is 37.4. The second-order valence-corrected chi connectivity index (χ2v) is 13.2. The van der Waals surface area contributed by atoms with Crippen molar-refractivity contribution in [3.63, 3.8) is 0 Å². The second-order valence-electron chi connectivity index (χ2n) is 10.6. The molecule has 2 heterocycles. The second kappa shape index (κ2) is 11.9. The first-order valence-electron chi connectivity index (χ1n) is 13.0. The van der Waals surface area contributed by atoms with Crippen molar-refractivity contribution in [2.75, 3.05) is 12.4 Å². The molecule has 4 rings (SSSR count). The normalized spacial score (nSPS) is 18.0. The molecule has 0 radical (unpaired) electrons. The molecular formula is C27H34ClN5O5S. The van der Waals surface area contributed by atoms with Gasteiger partial charge < -0.3 is 14.8 Å². The van der Waals surface area contributed by atoms with Crippen LogP contribution in [0.25, 0.3) is 16.9 Å². The van der Waals surface area contributed by atoms with Gasteiger partial charge in [-0.2, -0.15) is 5.10 Å². The zero-order valence-corrected chi connectivity index (χ0v) is 24.1. The zero-order valence-electron chi connectivity index (χ0n) is 22.6. The quantitative estimate of drug-likeness (QED) is 0.361. The Balaban J connectivity index is 1.39. The number of hydrogen-bond acceptors (Lipinski definition) is 8. The molecule has 1 aliphatic carbocycles. The van der Waals surface area contributed by atoms with Gasteiger partial charge in [0.05, 0.1) is 29.1 Å². The Kier molecular flexibility index (Phi) is 8.80. The van der Waals surface area contributed by atoms with E-state index in [0.717, 1.165) is 25.7 Å². The van der Waals surface area contributed by atoms with Crippen molar-refractivity contribution in [2.45, 2.75) is 69.9 Å². The first-order chi connectivity index (χ1) is 18.4. The van der Waals surface area contributed by atoms with E-state index in [4.69, 9.17) is 21.1 Å². The fourth-order valence-electron chi connectivity index (χ4n) is 4.39. The van der Waals surface area contributed by atoms with Crippen LogP contribution in [0.3, 0.4) is 0 Å². The van der Waals surface area contributed by atoms with Crippen molar-refractivity contribution in [3.05, 3.63) is 48.1 Å². The third-order valence-electron chi connectivity index (χ3n) is 6.49. The van der Waals surface area contributed by atoms with Crippen molar-refractivity contribution < 1.29 is 22.7 Å². The number of amides is 1. The maximum absolute atomic E-state index is 12.1. The topological polar surface area (TPSA) is 125 Å². The van der Waals surface area contributed by atoms with E-state index in [9.17, 15) is 13.2 Å². The number of ether oxygens (including phenoxy) is 2. The molecule has 12 heteroatoms. The van der Waals surface area contributed by atoms with E-state index in [2.05, 4.69) is 20.4 Å². The summed E-state index contributed by atoms with van der Waals surface area (Å²) in [6, 6.07) is 6.64. The van der Waals surface area contributed by atoms with Crippen LogP contribution < -0.4 is 10.1 Å². The van der Waals surface area contributed by atoms with Crippen LogP contribution in [0.5, 0.6) is 5.75 Å². The smallest absolute Gasteiger partial charge is 0.407 e. The maximum atomic E-state index is 12.1. The minimum Gasteiger partial charge on any atom is -0.488 e. The lowest BCUT2D eigenvalue weighted by atomic mass is 9.86. The molecule has 1 N–H and O–H groups in total. The molecule has 1 amide bonds. The van der Waals surface area contributed by atoms with Gasteiger partial charge in [-0.1, -0.05) is 18.5 Å². The van der Waals surface area contributed by atoms with Crippen LogP contribution in [-0.2, 0) is 14.6 Å². The molecule has 1 aliphatic rings. The van der Waals surface area contributed by atoms with E-state index in [0.29, 0.717) is 35.2 Å². The van der Waals surface area contributed by atoms with E-state index in [1.807, 2.05) is 20.8 Å². The minimum absolute atomic E-state index is 0.0416. The Hall–Kier alpha value is -3.18. The van der Waals surface area contributed by atoms with E-state index in [1.54, 1.807) is 48.3 Å². The molecule has 210 valence electrons. The van der Waals surface area contributed by atoms with Crippen molar-refractivity contribution in [2.24, 2.45) is 5.92 Å². The Morgan fingerprint density at radius 3 is 2.46 bits per heavy atom. The first kappa shape index (κ1) is 28.8. The number of rotatable bonds is 8. The lowest BCUT2D eigenvalue weighted by Crippen LogP contribution is -2.41. The average molecular weight is 576 g/mol. The Morgan fingerprint density at radius 1 is 1.13 bits per heavy atom. The van der Waals surface area contributed by atoms with Gasteiger partial charge in [-0.05, 0) is 76.6 Å². The highest BCUT2D eigenvalue weighted by Gasteiger charge is 2.26. The lowest BCUT2D eigenvalue weighted by Gasteiger charge is -2.30. The van der Waals surface area contributed by atoms with E-state index >= 15 is 0 Å². The van der Waals surface area contributed by atoms with Crippen molar-refractivity contribution in [3.8, 4) is 22.7 Å². The van der Waals surface area contributed by atoms with E-state index in [-0.39, 0.29) is 27.9 Å². The van der Waals surface area contributed by atoms with Gasteiger partial charge in [-0.3, -0.25) is 0 Å². The molecule has 0 bridgehead atoms. The monoisotopic (exact) mass is 575 g/mol. The third-order valence-corrected chi connectivity index (χ3v) is 8.51. The summed E-state index contributed by atoms with van der Waals surface area (Å²) in [6.07, 6.45) is 7.88. The molecule has 1 fully saturated rings. The van der Waals surface area contributed by atoms with Gasteiger partial charge in [0.15, 0.2) is 20.7 Å². The van der Waals surface area contributed by atoms with Crippen LogP contribution in [-0.4, -0.2) is 58.3 Å². The molecule has 1 aromatic carbocycles. The fraction of sp³-hybridized carbons (Fsp3) is 0.481. The van der Waals surface area contributed by atoms with Gasteiger partial charge in [-0.15, -0.1) is 0 Å². The maximum Gasteiger partial charge on any atom is 0.407 e. The number of nitrogens with one attached hydrogen (secondary N) is 1. The number of benzene rings is 1. The van der Waals surface area contributed by atoms with Crippen LogP contribution in [0.4, 0.5) is 4.79 Å². The number of halogens is 1. The fourth-order valence-corrected chi connectivity index (χ4v) is 5.47. The summed E-state index contributed by atoms with van der Waals surface area (Å²) in [5, 5.41) is 7.58. The Morgan fingerprint density at radius 2 is 1.82 bits per heavy atom. The SMILES string of the molecule is CCS(=O)(=O)c1ccc(-n2cc(-c3ncnc(Cl)c3OC[C@H]3CC[C@@H](NC(=O)OC(C)(C)C)CC3)cn2)cc1. The minimum atomic E-state index is -3.28. The molecule has 10 nitrogen and oxygen atoms in total. The average Bonchev–Trinajstić information content (AvgIpc) is 3.38. The summed E-state index contributed by atoms with van der Waals surface area (Å²) in [4.78, 5) is 20.8. The Labute approximate surface area is 234 Å². The molecule has 39 heavy (non-hydrogen) atoms. The highest BCUT2D eigenvalue weighted by molar-refractivity contribution is 7.91. The molecule has 0 saturated heterocycles. The van der Waals surface area contributed by atoms with E-state index < -0.39 is 15.4 Å². The highest BCUT2D eigenvalue weighted by Crippen LogP contribution is 2.34. The first-order valence-corrected chi connectivity index (χ1v) is 15.0. The highest BCUT2D eigenvalue weighted by atomic mass is 35.5. The molecule has 0 unspecified atom stereocenters. The van der Waals surface area contributed by atoms with Crippen molar-refractivity contribution in [1.29, 1.82) is 0 Å². The Bertz CT molecular complexity index is 1390. The predicted octanol–water partition coefficient (Wildman–Crippen LogP) is 5.24. The summed E-state index contributed by atoms with van der Waals surface area (Å²) in [7, 11) is -3.28.